The Bertz CT molecular complexity index is 1160. The highest BCUT2D eigenvalue weighted by molar-refractivity contribution is 7.92. The molecule has 0 aliphatic rings. The van der Waals surface area contributed by atoms with Gasteiger partial charge in [0, 0.05) is 24.2 Å². The Hall–Kier alpha value is -2.72. The Balaban J connectivity index is 2.45. The summed E-state index contributed by atoms with van der Waals surface area (Å²) < 4.78 is 52.9. The average Bonchev–Trinajstić information content (AvgIpc) is 2.78. The fourth-order valence-corrected chi connectivity index (χ4v) is 4.44. The smallest absolute Gasteiger partial charge is 0.244 e. The van der Waals surface area contributed by atoms with Gasteiger partial charge in [-0.3, -0.25) is 13.9 Å². The second-order valence-corrected chi connectivity index (χ2v) is 10.9. The van der Waals surface area contributed by atoms with Crippen LogP contribution in [0.1, 0.15) is 32.8 Å². The molecule has 0 aliphatic heterocycles. The number of rotatable bonds is 11. The molecule has 2 rings (SSSR count). The molecule has 1 unspecified atom stereocenters. The second-order valence-electron chi connectivity index (χ2n) is 8.54. The Kier molecular flexibility index (Phi) is 10.0. The Labute approximate surface area is 210 Å². The SMILES string of the molecule is CCC(C(=O)NCC(C)C)N(Cc1ccccc1Cl)C(=O)CN(c1ccc(F)c(F)c1)S(C)(=O)=O. The minimum atomic E-state index is -4.06. The van der Waals surface area contributed by atoms with Gasteiger partial charge in [0.1, 0.15) is 12.6 Å². The molecule has 0 heterocycles. The predicted molar refractivity (Wildman–Crippen MR) is 132 cm³/mol. The third-order valence-corrected chi connectivity index (χ3v) is 6.75. The number of sulfonamides is 1. The molecule has 2 aromatic rings. The lowest BCUT2D eigenvalue weighted by atomic mass is 10.1. The highest BCUT2D eigenvalue weighted by Gasteiger charge is 2.32. The Morgan fingerprint density at radius 3 is 2.29 bits per heavy atom. The number of hydrogen-bond donors (Lipinski definition) is 1. The normalized spacial score (nSPS) is 12.3. The van der Waals surface area contributed by atoms with Crippen LogP contribution in [0.15, 0.2) is 42.5 Å². The van der Waals surface area contributed by atoms with Crippen molar-refractivity contribution in [3.63, 3.8) is 0 Å². The first kappa shape index (κ1) is 28.5. The van der Waals surface area contributed by atoms with Crippen molar-refractivity contribution in [1.29, 1.82) is 0 Å². The van der Waals surface area contributed by atoms with Gasteiger partial charge in [-0.05, 0) is 36.1 Å². The van der Waals surface area contributed by atoms with Gasteiger partial charge in [0.05, 0.1) is 11.9 Å². The number of benzene rings is 2. The van der Waals surface area contributed by atoms with E-state index in [4.69, 9.17) is 11.6 Å². The lowest BCUT2D eigenvalue weighted by Gasteiger charge is -2.33. The molecule has 2 aromatic carbocycles. The van der Waals surface area contributed by atoms with Crippen LogP contribution < -0.4 is 9.62 Å². The van der Waals surface area contributed by atoms with E-state index in [2.05, 4.69) is 5.32 Å². The molecular formula is C24H30ClF2N3O4S. The number of nitrogens with one attached hydrogen (secondary N) is 1. The van der Waals surface area contributed by atoms with Gasteiger partial charge in [-0.1, -0.05) is 50.6 Å². The molecule has 0 aromatic heterocycles. The quantitative estimate of drug-likeness (QED) is 0.477. The topological polar surface area (TPSA) is 86.8 Å². The van der Waals surface area contributed by atoms with Crippen molar-refractivity contribution in [2.45, 2.75) is 39.8 Å². The van der Waals surface area contributed by atoms with Gasteiger partial charge in [-0.15, -0.1) is 0 Å². The summed E-state index contributed by atoms with van der Waals surface area (Å²) in [6.07, 6.45) is 1.11. The fourth-order valence-electron chi connectivity index (χ4n) is 3.41. The molecule has 0 spiro atoms. The van der Waals surface area contributed by atoms with Crippen molar-refractivity contribution >= 4 is 39.1 Å². The minimum Gasteiger partial charge on any atom is -0.354 e. The fraction of sp³-hybridized carbons (Fsp3) is 0.417. The largest absolute Gasteiger partial charge is 0.354 e. The van der Waals surface area contributed by atoms with Gasteiger partial charge in [0.15, 0.2) is 11.6 Å². The van der Waals surface area contributed by atoms with E-state index in [1.807, 2.05) is 13.8 Å². The van der Waals surface area contributed by atoms with Crippen molar-refractivity contribution in [1.82, 2.24) is 10.2 Å². The van der Waals surface area contributed by atoms with Gasteiger partial charge < -0.3 is 10.2 Å². The molecule has 1 atom stereocenters. The van der Waals surface area contributed by atoms with Crippen LogP contribution in [-0.2, 0) is 26.2 Å². The van der Waals surface area contributed by atoms with Crippen LogP contribution in [0.3, 0.4) is 0 Å². The molecule has 192 valence electrons. The maximum absolute atomic E-state index is 13.8. The van der Waals surface area contributed by atoms with Gasteiger partial charge in [-0.2, -0.15) is 0 Å². The van der Waals surface area contributed by atoms with Gasteiger partial charge in [-0.25, -0.2) is 17.2 Å². The van der Waals surface area contributed by atoms with Crippen LogP contribution in [0.2, 0.25) is 5.02 Å². The van der Waals surface area contributed by atoms with Gasteiger partial charge in [0.2, 0.25) is 21.8 Å². The molecule has 0 fully saturated rings. The number of amides is 2. The van der Waals surface area contributed by atoms with Gasteiger partial charge >= 0.3 is 0 Å². The molecule has 2 amide bonds. The van der Waals surface area contributed by atoms with Gasteiger partial charge in [0.25, 0.3) is 0 Å². The van der Waals surface area contributed by atoms with E-state index < -0.39 is 40.2 Å². The summed E-state index contributed by atoms with van der Waals surface area (Å²) in [5.41, 5.74) is 0.353. The van der Waals surface area contributed by atoms with E-state index in [1.54, 1.807) is 31.2 Å². The monoisotopic (exact) mass is 529 g/mol. The lowest BCUT2D eigenvalue weighted by molar-refractivity contribution is -0.140. The van der Waals surface area contributed by atoms with E-state index >= 15 is 0 Å². The number of hydrogen-bond acceptors (Lipinski definition) is 4. The molecule has 0 radical (unpaired) electrons. The molecular weight excluding hydrogens is 500 g/mol. The first-order valence-electron chi connectivity index (χ1n) is 11.1. The van der Waals surface area contributed by atoms with Crippen molar-refractivity contribution in [2.24, 2.45) is 5.92 Å². The molecule has 7 nitrogen and oxygen atoms in total. The molecule has 1 N–H and O–H groups in total. The molecule has 35 heavy (non-hydrogen) atoms. The first-order chi connectivity index (χ1) is 16.3. The van der Waals surface area contributed by atoms with Crippen LogP contribution in [0.25, 0.3) is 0 Å². The summed E-state index contributed by atoms with van der Waals surface area (Å²) in [4.78, 5) is 27.7. The van der Waals surface area contributed by atoms with Crippen molar-refractivity contribution < 1.29 is 26.8 Å². The standard InChI is InChI=1S/C24H30ClF2N3O4S/c1-5-22(24(32)28-13-16(2)3)29(14-17-8-6-7-9-19(17)25)23(31)15-30(35(4,33)34)18-10-11-20(26)21(27)12-18/h6-12,16,22H,5,13-15H2,1-4H3,(H,28,32). The van der Waals surface area contributed by atoms with Crippen LogP contribution in [-0.4, -0.2) is 50.5 Å². The van der Waals surface area contributed by atoms with Crippen molar-refractivity contribution in [2.75, 3.05) is 23.7 Å². The summed E-state index contributed by atoms with van der Waals surface area (Å²) >= 11 is 6.29. The van der Waals surface area contributed by atoms with E-state index in [0.29, 0.717) is 27.5 Å². The van der Waals surface area contributed by atoms with Crippen LogP contribution in [0.4, 0.5) is 14.5 Å². The first-order valence-corrected chi connectivity index (χ1v) is 13.3. The van der Waals surface area contributed by atoms with E-state index in [9.17, 15) is 26.8 Å². The van der Waals surface area contributed by atoms with Crippen molar-refractivity contribution in [3.8, 4) is 0 Å². The summed E-state index contributed by atoms with van der Waals surface area (Å²) in [5, 5.41) is 3.19. The molecule has 0 saturated heterocycles. The lowest BCUT2D eigenvalue weighted by Crippen LogP contribution is -2.52. The highest BCUT2D eigenvalue weighted by atomic mass is 35.5. The zero-order valence-electron chi connectivity index (χ0n) is 20.1. The van der Waals surface area contributed by atoms with E-state index in [1.165, 1.54) is 4.90 Å². The molecule has 0 aliphatic carbocycles. The number of halogens is 3. The zero-order chi connectivity index (χ0) is 26.3. The third-order valence-electron chi connectivity index (χ3n) is 5.24. The molecule has 11 heteroatoms. The van der Waals surface area contributed by atoms with Crippen LogP contribution in [0, 0.1) is 17.6 Å². The van der Waals surface area contributed by atoms with E-state index in [-0.39, 0.29) is 30.5 Å². The molecule has 0 saturated carbocycles. The summed E-state index contributed by atoms with van der Waals surface area (Å²) in [7, 11) is -4.06. The number of anilines is 1. The maximum atomic E-state index is 13.8. The zero-order valence-corrected chi connectivity index (χ0v) is 21.7. The number of nitrogens with zero attached hydrogens (tertiary/aromatic N) is 2. The van der Waals surface area contributed by atoms with Crippen LogP contribution in [0.5, 0.6) is 0 Å². The van der Waals surface area contributed by atoms with Crippen molar-refractivity contribution in [3.05, 3.63) is 64.7 Å². The highest BCUT2D eigenvalue weighted by Crippen LogP contribution is 2.23. The van der Waals surface area contributed by atoms with Crippen LogP contribution >= 0.6 is 11.6 Å². The third kappa shape index (κ3) is 7.90. The number of carbonyl (C=O) groups excluding carboxylic acids is 2. The Morgan fingerprint density at radius 1 is 1.09 bits per heavy atom. The summed E-state index contributed by atoms with van der Waals surface area (Å²) in [5.74, 6) is -3.32. The number of carbonyl (C=O) groups is 2. The minimum absolute atomic E-state index is 0.0541. The Morgan fingerprint density at radius 2 is 1.74 bits per heavy atom. The second kappa shape index (κ2) is 12.3. The van der Waals surface area contributed by atoms with E-state index in [0.717, 1.165) is 18.4 Å². The average molecular weight is 530 g/mol. The summed E-state index contributed by atoms with van der Waals surface area (Å²) in [6, 6.07) is 8.43. The maximum Gasteiger partial charge on any atom is 0.244 e. The summed E-state index contributed by atoms with van der Waals surface area (Å²) in [6.45, 7) is 5.22. The predicted octanol–water partition coefficient (Wildman–Crippen LogP) is 3.96. The molecule has 0 bridgehead atoms.